The van der Waals surface area contributed by atoms with Crippen molar-refractivity contribution in [2.75, 3.05) is 79.0 Å². The lowest BCUT2D eigenvalue weighted by atomic mass is 10.0. The maximum atomic E-state index is 13.7. The molecule has 1 saturated heterocycles. The highest BCUT2D eigenvalue weighted by atomic mass is 32.2. The molecule has 2 aromatic rings. The Morgan fingerprint density at radius 2 is 0.788 bits per heavy atom. The first-order valence-corrected chi connectivity index (χ1v) is 20.7. The molecule has 2 atom stereocenters. The number of rotatable bonds is 10. The van der Waals surface area contributed by atoms with Gasteiger partial charge in [0.15, 0.2) is 0 Å². The molecule has 2 aromatic carbocycles. The number of sulfonamides is 2. The molecule has 2 N–H and O–H groups in total. The van der Waals surface area contributed by atoms with Crippen molar-refractivity contribution < 1.29 is 45.4 Å². The van der Waals surface area contributed by atoms with Crippen LogP contribution in [0.3, 0.4) is 0 Å². The van der Waals surface area contributed by atoms with E-state index >= 15 is 0 Å². The van der Waals surface area contributed by atoms with Crippen molar-refractivity contribution in [3.8, 4) is 0 Å². The van der Waals surface area contributed by atoms with Crippen LogP contribution in [-0.4, -0.2) is 130 Å². The van der Waals surface area contributed by atoms with E-state index in [0.29, 0.717) is 0 Å². The van der Waals surface area contributed by atoms with Gasteiger partial charge >= 0.3 is 0 Å². The summed E-state index contributed by atoms with van der Waals surface area (Å²) in [5.41, 5.74) is 1.84. The van der Waals surface area contributed by atoms with Gasteiger partial charge in [0.05, 0.1) is 62.6 Å². The largest absolute Gasteiger partial charge is 0.377 e. The smallest absolute Gasteiger partial charge is 0.241 e. The van der Waals surface area contributed by atoms with E-state index < -0.39 is 32.1 Å². The monoisotopic (exact) mass is 768 g/mol. The van der Waals surface area contributed by atoms with E-state index in [4.69, 9.17) is 18.9 Å². The van der Waals surface area contributed by atoms with Crippen LogP contribution in [0.15, 0.2) is 58.3 Å². The topological polar surface area (TPSA) is 170 Å². The Morgan fingerprint density at radius 1 is 0.519 bits per heavy atom. The van der Waals surface area contributed by atoms with Crippen LogP contribution in [0.4, 0.5) is 0 Å². The zero-order valence-electron chi connectivity index (χ0n) is 31.2. The predicted molar refractivity (Wildman–Crippen MR) is 197 cm³/mol. The Bertz CT molecular complexity index is 1480. The normalized spacial score (nSPS) is 18.1. The first-order chi connectivity index (χ1) is 24.6. The van der Waals surface area contributed by atoms with E-state index in [1.807, 2.05) is 13.8 Å². The zero-order valence-corrected chi connectivity index (χ0v) is 32.8. The fourth-order valence-electron chi connectivity index (χ4n) is 5.25. The molecule has 2 amide bonds. The van der Waals surface area contributed by atoms with E-state index in [1.54, 1.807) is 52.0 Å². The number of carbonyl (C=O) groups is 2. The van der Waals surface area contributed by atoms with Crippen molar-refractivity contribution in [3.05, 3.63) is 59.7 Å². The summed E-state index contributed by atoms with van der Waals surface area (Å²) in [6.45, 7) is 13.2. The Labute approximate surface area is 309 Å². The van der Waals surface area contributed by atoms with Gasteiger partial charge in [-0.25, -0.2) is 16.8 Å². The fraction of sp³-hybridized carbons (Fsp3) is 0.611. The number of hydrogen-bond acceptors (Lipinski definition) is 10. The highest BCUT2D eigenvalue weighted by molar-refractivity contribution is 7.89. The zero-order chi connectivity index (χ0) is 38.3. The van der Waals surface area contributed by atoms with Crippen molar-refractivity contribution in [2.24, 2.45) is 11.8 Å². The van der Waals surface area contributed by atoms with E-state index in [9.17, 15) is 26.4 Å². The maximum Gasteiger partial charge on any atom is 0.241 e. The van der Waals surface area contributed by atoms with E-state index in [2.05, 4.69) is 9.44 Å². The third-order valence-corrected chi connectivity index (χ3v) is 11.4. The summed E-state index contributed by atoms with van der Waals surface area (Å²) < 4.78 is 80.9. The van der Waals surface area contributed by atoms with Gasteiger partial charge < -0.3 is 28.7 Å². The molecule has 1 aliphatic rings. The number of nitrogens with zero attached hydrogens (tertiary/aromatic N) is 2. The molecule has 1 fully saturated rings. The summed E-state index contributed by atoms with van der Waals surface area (Å²) in [6.07, 6.45) is 0. The van der Waals surface area contributed by atoms with Crippen LogP contribution in [0.2, 0.25) is 0 Å². The van der Waals surface area contributed by atoms with Crippen molar-refractivity contribution in [3.63, 3.8) is 0 Å². The van der Waals surface area contributed by atoms with Crippen LogP contribution < -0.4 is 9.44 Å². The van der Waals surface area contributed by atoms with Crippen LogP contribution in [0.5, 0.6) is 0 Å². The molecule has 14 nitrogen and oxygen atoms in total. The van der Waals surface area contributed by atoms with Gasteiger partial charge in [-0.3, -0.25) is 9.59 Å². The van der Waals surface area contributed by atoms with Gasteiger partial charge in [0.1, 0.15) is 12.1 Å². The molecular formula is C36H56N4O10S2. The first-order valence-electron chi connectivity index (χ1n) is 17.7. The van der Waals surface area contributed by atoms with Gasteiger partial charge in [-0.1, -0.05) is 63.1 Å². The minimum Gasteiger partial charge on any atom is -0.377 e. The maximum absolute atomic E-state index is 13.7. The molecule has 0 saturated carbocycles. The van der Waals surface area contributed by atoms with Crippen LogP contribution in [0.1, 0.15) is 38.8 Å². The molecule has 52 heavy (non-hydrogen) atoms. The summed E-state index contributed by atoms with van der Waals surface area (Å²) in [5, 5.41) is 0. The lowest BCUT2D eigenvalue weighted by Crippen LogP contribution is -2.52. The van der Waals surface area contributed by atoms with E-state index in [0.717, 1.165) is 11.1 Å². The molecular weight excluding hydrogens is 713 g/mol. The van der Waals surface area contributed by atoms with Crippen molar-refractivity contribution >= 4 is 31.9 Å². The third kappa shape index (κ3) is 13.8. The number of nitrogens with one attached hydrogen (secondary N) is 2. The van der Waals surface area contributed by atoms with Crippen LogP contribution >= 0.6 is 0 Å². The second-order valence-electron chi connectivity index (χ2n) is 13.4. The molecule has 0 aromatic heterocycles. The lowest BCUT2D eigenvalue weighted by Gasteiger charge is -2.30. The van der Waals surface area contributed by atoms with Gasteiger partial charge in [0.2, 0.25) is 31.9 Å². The number of aryl methyl sites for hydroxylation is 2. The van der Waals surface area contributed by atoms with Gasteiger partial charge in [-0.15, -0.1) is 0 Å². The lowest BCUT2D eigenvalue weighted by molar-refractivity contribution is -0.137. The molecule has 1 heterocycles. The molecule has 0 spiro atoms. The average molecular weight is 769 g/mol. The fourth-order valence-corrected chi connectivity index (χ4v) is 7.92. The Balaban J connectivity index is 1.61. The number of ether oxygens (including phenoxy) is 4. The van der Waals surface area contributed by atoms with E-state index in [-0.39, 0.29) is 112 Å². The third-order valence-electron chi connectivity index (χ3n) is 8.48. The van der Waals surface area contributed by atoms with Crippen LogP contribution in [0, 0.1) is 25.7 Å². The van der Waals surface area contributed by atoms with Gasteiger partial charge in [-0.05, 0) is 49.9 Å². The molecule has 0 aliphatic carbocycles. The summed E-state index contributed by atoms with van der Waals surface area (Å²) in [7, 11) is -7.91. The second-order valence-corrected chi connectivity index (χ2v) is 16.8. The summed E-state index contributed by atoms with van der Waals surface area (Å²) >= 11 is 0. The number of carbonyl (C=O) groups excluding carboxylic acids is 2. The van der Waals surface area contributed by atoms with Gasteiger partial charge in [-0.2, -0.15) is 9.44 Å². The Kier molecular flexibility index (Phi) is 17.6. The van der Waals surface area contributed by atoms with Crippen LogP contribution in [0.25, 0.3) is 0 Å². The van der Waals surface area contributed by atoms with Crippen molar-refractivity contribution in [1.29, 1.82) is 0 Å². The second kappa shape index (κ2) is 21.1. The summed E-state index contributed by atoms with van der Waals surface area (Å²) in [6, 6.07) is 10.9. The Hall–Kier alpha value is -2.96. The minimum atomic E-state index is -3.96. The molecule has 0 unspecified atom stereocenters. The number of benzene rings is 2. The van der Waals surface area contributed by atoms with Crippen LogP contribution in [-0.2, 0) is 48.6 Å². The molecule has 292 valence electrons. The van der Waals surface area contributed by atoms with Gasteiger partial charge in [0, 0.05) is 26.2 Å². The molecule has 0 bridgehead atoms. The summed E-state index contributed by atoms with van der Waals surface area (Å²) in [5.74, 6) is -1.43. The molecule has 16 heteroatoms. The Morgan fingerprint density at radius 3 is 1.04 bits per heavy atom. The molecule has 0 radical (unpaired) electrons. The molecule has 1 aliphatic heterocycles. The highest BCUT2D eigenvalue weighted by Crippen LogP contribution is 2.16. The molecule has 3 rings (SSSR count). The minimum absolute atomic E-state index is 0.0814. The average Bonchev–Trinajstić information content (AvgIpc) is 3.09. The highest BCUT2D eigenvalue weighted by Gasteiger charge is 2.33. The van der Waals surface area contributed by atoms with Crippen molar-refractivity contribution in [2.45, 2.75) is 63.4 Å². The SMILES string of the molecule is Cc1ccc(S(=O)(=O)N[C@H](C(=O)N2CCOCCOCCN(C(=O)[C@H](NS(=O)(=O)c3ccc(C)cc3)C(C)C)CCOCCOCC2)C(C)C)cc1. The van der Waals surface area contributed by atoms with E-state index in [1.165, 1.54) is 34.1 Å². The first kappa shape index (κ1) is 43.4. The van der Waals surface area contributed by atoms with Gasteiger partial charge in [0.25, 0.3) is 0 Å². The number of hydrogen-bond donors (Lipinski definition) is 2. The summed E-state index contributed by atoms with van der Waals surface area (Å²) in [4.78, 5) is 30.7. The predicted octanol–water partition coefficient (Wildman–Crippen LogP) is 2.35. The standard InChI is InChI=1S/C36H56N4O10S2/c1-27(2)33(37-51(43,44)31-11-7-29(5)8-12-31)35(41)39-15-19-47-23-25-49-21-17-40(18-22-50-26-24-48-20-16-39)36(42)34(28(3)4)38-52(45,46)32-13-9-30(6)10-14-32/h7-14,27-28,33-34,37-38H,15-26H2,1-6H3/t33-,34+. The quantitative estimate of drug-likeness (QED) is 0.366. The van der Waals surface area contributed by atoms with Crippen molar-refractivity contribution in [1.82, 2.24) is 19.2 Å². The number of amides is 2.